The van der Waals surface area contributed by atoms with Crippen molar-refractivity contribution in [3.8, 4) is 0 Å². The summed E-state index contributed by atoms with van der Waals surface area (Å²) in [6.45, 7) is 2.46. The third-order valence-corrected chi connectivity index (χ3v) is 2.86. The van der Waals surface area contributed by atoms with E-state index in [1.165, 1.54) is 0 Å². The molecule has 1 aliphatic rings. The third-order valence-electron chi connectivity index (χ3n) is 2.86. The number of amides is 1. The Morgan fingerprint density at radius 1 is 1.67 bits per heavy atom. The lowest BCUT2D eigenvalue weighted by Gasteiger charge is -2.19. The number of carbonyl (C=O) groups excluding carboxylic acids is 1. The molecule has 2 rings (SSSR count). The zero-order chi connectivity index (χ0) is 10.7. The lowest BCUT2D eigenvalue weighted by atomic mass is 10.1. The molecule has 0 spiro atoms. The molecule has 1 atom stereocenters. The Morgan fingerprint density at radius 2 is 2.53 bits per heavy atom. The Balaban J connectivity index is 1.89. The van der Waals surface area contributed by atoms with Crippen molar-refractivity contribution in [2.24, 2.45) is 5.92 Å². The van der Waals surface area contributed by atoms with Gasteiger partial charge in [-0.15, -0.1) is 0 Å². The molecule has 0 aliphatic carbocycles. The number of H-pyrrole nitrogens is 1. The number of hydrogen-bond donors (Lipinski definition) is 2. The van der Waals surface area contributed by atoms with E-state index in [0.717, 1.165) is 25.2 Å². The van der Waals surface area contributed by atoms with Gasteiger partial charge in [0.2, 0.25) is 5.91 Å². The van der Waals surface area contributed by atoms with E-state index in [2.05, 4.69) is 10.3 Å². The van der Waals surface area contributed by atoms with Crippen molar-refractivity contribution in [1.82, 2.24) is 15.2 Å². The van der Waals surface area contributed by atoms with Gasteiger partial charge >= 0.3 is 0 Å². The zero-order valence-electron chi connectivity index (χ0n) is 8.99. The Morgan fingerprint density at radius 3 is 3.13 bits per heavy atom. The molecular weight excluding hydrogens is 190 g/mol. The molecule has 0 radical (unpaired) electrons. The highest BCUT2D eigenvalue weighted by Gasteiger charge is 2.25. The second kappa shape index (κ2) is 4.49. The number of rotatable bonds is 3. The van der Waals surface area contributed by atoms with Crippen molar-refractivity contribution < 1.29 is 4.79 Å². The highest BCUT2D eigenvalue weighted by Crippen LogP contribution is 2.12. The van der Waals surface area contributed by atoms with Gasteiger partial charge in [-0.25, -0.2) is 0 Å². The lowest BCUT2D eigenvalue weighted by molar-refractivity contribution is -0.134. The highest BCUT2D eigenvalue weighted by atomic mass is 16.2. The first kappa shape index (κ1) is 10.2. The molecule has 15 heavy (non-hydrogen) atoms. The Labute approximate surface area is 89.7 Å². The van der Waals surface area contributed by atoms with Gasteiger partial charge in [0.1, 0.15) is 0 Å². The van der Waals surface area contributed by atoms with Gasteiger partial charge in [0.25, 0.3) is 0 Å². The summed E-state index contributed by atoms with van der Waals surface area (Å²) in [7, 11) is 1.86. The van der Waals surface area contributed by atoms with Crippen LogP contribution in [0.4, 0.5) is 0 Å². The number of nitrogens with one attached hydrogen (secondary N) is 2. The molecule has 1 amide bonds. The van der Waals surface area contributed by atoms with E-state index in [1.807, 2.05) is 25.4 Å². The molecule has 1 aromatic rings. The molecule has 0 bridgehead atoms. The second-order valence-corrected chi connectivity index (χ2v) is 4.08. The van der Waals surface area contributed by atoms with E-state index in [9.17, 15) is 4.79 Å². The first-order chi connectivity index (χ1) is 7.27. The number of hydrogen-bond acceptors (Lipinski definition) is 2. The molecule has 1 aromatic heterocycles. The first-order valence-corrected chi connectivity index (χ1v) is 5.35. The predicted octanol–water partition coefficient (Wildman–Crippen LogP) is 0.583. The van der Waals surface area contributed by atoms with Crippen molar-refractivity contribution in [3.63, 3.8) is 0 Å². The van der Waals surface area contributed by atoms with Crippen LogP contribution in [0, 0.1) is 5.92 Å². The summed E-state index contributed by atoms with van der Waals surface area (Å²) in [5, 5.41) is 3.21. The molecule has 2 heterocycles. The van der Waals surface area contributed by atoms with Crippen molar-refractivity contribution >= 4 is 5.91 Å². The molecule has 4 nitrogen and oxygen atoms in total. The Kier molecular flexibility index (Phi) is 3.06. The van der Waals surface area contributed by atoms with Gasteiger partial charge in [0.15, 0.2) is 0 Å². The van der Waals surface area contributed by atoms with Crippen LogP contribution in [-0.2, 0) is 11.3 Å². The van der Waals surface area contributed by atoms with Crippen molar-refractivity contribution in [2.45, 2.75) is 13.0 Å². The topological polar surface area (TPSA) is 48.1 Å². The summed E-state index contributed by atoms with van der Waals surface area (Å²) >= 11 is 0. The Bertz CT molecular complexity index is 315. The van der Waals surface area contributed by atoms with E-state index >= 15 is 0 Å². The molecular formula is C11H17N3O. The summed E-state index contributed by atoms with van der Waals surface area (Å²) in [6.07, 6.45) is 2.85. The largest absolute Gasteiger partial charge is 0.364 e. The average Bonchev–Trinajstić information content (AvgIpc) is 2.88. The molecule has 0 saturated carbocycles. The third kappa shape index (κ3) is 2.39. The van der Waals surface area contributed by atoms with E-state index < -0.39 is 0 Å². The van der Waals surface area contributed by atoms with Gasteiger partial charge in [-0.3, -0.25) is 4.79 Å². The molecule has 1 saturated heterocycles. The zero-order valence-corrected chi connectivity index (χ0v) is 8.99. The van der Waals surface area contributed by atoms with Crippen LogP contribution in [0.5, 0.6) is 0 Å². The fourth-order valence-corrected chi connectivity index (χ4v) is 1.98. The van der Waals surface area contributed by atoms with Gasteiger partial charge in [-0.2, -0.15) is 0 Å². The van der Waals surface area contributed by atoms with E-state index in [1.54, 1.807) is 4.90 Å². The van der Waals surface area contributed by atoms with Crippen LogP contribution in [-0.4, -0.2) is 35.9 Å². The van der Waals surface area contributed by atoms with Crippen LogP contribution in [0.1, 0.15) is 12.1 Å². The summed E-state index contributed by atoms with van der Waals surface area (Å²) in [5.41, 5.74) is 1.08. The van der Waals surface area contributed by atoms with Crippen LogP contribution in [0.15, 0.2) is 18.3 Å². The molecule has 82 valence electrons. The summed E-state index contributed by atoms with van der Waals surface area (Å²) in [4.78, 5) is 16.8. The minimum absolute atomic E-state index is 0.171. The quantitative estimate of drug-likeness (QED) is 0.762. The predicted molar refractivity (Wildman–Crippen MR) is 58.2 cm³/mol. The van der Waals surface area contributed by atoms with Gasteiger partial charge in [0, 0.05) is 25.5 Å². The van der Waals surface area contributed by atoms with Crippen LogP contribution in [0.2, 0.25) is 0 Å². The van der Waals surface area contributed by atoms with Crippen LogP contribution in [0.3, 0.4) is 0 Å². The molecule has 1 aliphatic heterocycles. The first-order valence-electron chi connectivity index (χ1n) is 5.35. The van der Waals surface area contributed by atoms with E-state index in [0.29, 0.717) is 6.54 Å². The van der Waals surface area contributed by atoms with Gasteiger partial charge in [-0.05, 0) is 25.1 Å². The Hall–Kier alpha value is -1.29. The fourth-order valence-electron chi connectivity index (χ4n) is 1.98. The van der Waals surface area contributed by atoms with Crippen LogP contribution < -0.4 is 5.32 Å². The molecule has 4 heteroatoms. The fraction of sp³-hybridized carbons (Fsp3) is 0.545. The van der Waals surface area contributed by atoms with Gasteiger partial charge < -0.3 is 15.2 Å². The number of aromatic nitrogens is 1. The maximum atomic E-state index is 11.9. The standard InChI is InChI=1S/C11H17N3O/c1-14(8-10-3-2-5-13-10)11(15)9-4-6-12-7-9/h2-3,5,9,12-13H,4,6-8H2,1H3. The maximum Gasteiger partial charge on any atom is 0.227 e. The summed E-state index contributed by atoms with van der Waals surface area (Å²) in [5.74, 6) is 0.416. The number of nitrogens with zero attached hydrogens (tertiary/aromatic N) is 1. The van der Waals surface area contributed by atoms with Crippen LogP contribution >= 0.6 is 0 Å². The van der Waals surface area contributed by atoms with E-state index in [-0.39, 0.29) is 11.8 Å². The minimum Gasteiger partial charge on any atom is -0.364 e. The van der Waals surface area contributed by atoms with Crippen molar-refractivity contribution in [2.75, 3.05) is 20.1 Å². The second-order valence-electron chi connectivity index (χ2n) is 4.08. The normalized spacial score (nSPS) is 20.5. The molecule has 2 N–H and O–H groups in total. The van der Waals surface area contributed by atoms with Crippen LogP contribution in [0.25, 0.3) is 0 Å². The summed E-state index contributed by atoms with van der Waals surface area (Å²) < 4.78 is 0. The number of carbonyl (C=O) groups is 1. The molecule has 1 unspecified atom stereocenters. The van der Waals surface area contributed by atoms with Crippen molar-refractivity contribution in [1.29, 1.82) is 0 Å². The highest BCUT2D eigenvalue weighted by molar-refractivity contribution is 5.79. The monoisotopic (exact) mass is 207 g/mol. The van der Waals surface area contributed by atoms with E-state index in [4.69, 9.17) is 0 Å². The van der Waals surface area contributed by atoms with Gasteiger partial charge in [0.05, 0.1) is 12.5 Å². The maximum absolute atomic E-state index is 11.9. The molecule has 1 fully saturated rings. The minimum atomic E-state index is 0.171. The number of aromatic amines is 1. The SMILES string of the molecule is CN(Cc1ccc[nH]1)C(=O)C1CCNC1. The average molecular weight is 207 g/mol. The lowest BCUT2D eigenvalue weighted by Crippen LogP contribution is -2.33. The smallest absolute Gasteiger partial charge is 0.227 e. The molecule has 0 aromatic carbocycles. The van der Waals surface area contributed by atoms with Gasteiger partial charge in [-0.1, -0.05) is 0 Å². The summed E-state index contributed by atoms with van der Waals surface area (Å²) in [6, 6.07) is 3.95. The van der Waals surface area contributed by atoms with Crippen molar-refractivity contribution in [3.05, 3.63) is 24.0 Å².